The standard InChI is InChI=1S/C24H22F2N4O2S/c25-20-7-17(8-21(26)23(20)31)24(32)27-10-14-1-5-19(6-2-14)30-12-16-4-3-15(9-22(16)29-30)18-11-28-33-13-18/h3-4,7-9,11-14,19,31H,1-2,5-6,10H2,(H,27,32). The fourth-order valence-corrected chi connectivity index (χ4v) is 4.94. The zero-order valence-electron chi connectivity index (χ0n) is 17.7. The van der Waals surface area contributed by atoms with Gasteiger partial charge in [0.1, 0.15) is 0 Å². The summed E-state index contributed by atoms with van der Waals surface area (Å²) < 4.78 is 33.2. The van der Waals surface area contributed by atoms with Gasteiger partial charge in [-0.05, 0) is 66.9 Å². The lowest BCUT2D eigenvalue weighted by Gasteiger charge is -2.28. The Labute approximate surface area is 193 Å². The molecule has 2 heterocycles. The number of phenols is 1. The molecule has 1 fully saturated rings. The minimum atomic E-state index is -1.15. The number of carbonyl (C=O) groups excluding carboxylic acids is 1. The minimum Gasteiger partial charge on any atom is -0.503 e. The molecule has 1 aliphatic carbocycles. The Bertz CT molecular complexity index is 1270. The van der Waals surface area contributed by atoms with Crippen molar-refractivity contribution in [2.24, 2.45) is 5.92 Å². The molecule has 2 N–H and O–H groups in total. The molecule has 0 unspecified atom stereocenters. The van der Waals surface area contributed by atoms with Crippen LogP contribution in [0.1, 0.15) is 42.1 Å². The number of aromatic nitrogens is 3. The molecule has 1 saturated carbocycles. The summed E-state index contributed by atoms with van der Waals surface area (Å²) >= 11 is 1.43. The monoisotopic (exact) mass is 468 g/mol. The summed E-state index contributed by atoms with van der Waals surface area (Å²) in [6.45, 7) is 0.439. The molecule has 33 heavy (non-hydrogen) atoms. The average molecular weight is 469 g/mol. The largest absolute Gasteiger partial charge is 0.503 e. The van der Waals surface area contributed by atoms with E-state index in [0.29, 0.717) is 18.5 Å². The Morgan fingerprint density at radius 1 is 1.12 bits per heavy atom. The third-order valence-electron chi connectivity index (χ3n) is 6.31. The molecule has 9 heteroatoms. The van der Waals surface area contributed by atoms with Gasteiger partial charge in [0, 0.05) is 40.8 Å². The van der Waals surface area contributed by atoms with Crippen LogP contribution in [-0.4, -0.2) is 31.7 Å². The zero-order chi connectivity index (χ0) is 22.9. The van der Waals surface area contributed by atoms with Crippen LogP contribution in [0.25, 0.3) is 22.0 Å². The molecule has 0 saturated heterocycles. The molecule has 1 aliphatic rings. The number of hydrogen-bond acceptors (Lipinski definition) is 5. The van der Waals surface area contributed by atoms with Crippen LogP contribution in [0.3, 0.4) is 0 Å². The van der Waals surface area contributed by atoms with Gasteiger partial charge in [-0.15, -0.1) is 0 Å². The van der Waals surface area contributed by atoms with Crippen LogP contribution in [-0.2, 0) is 0 Å². The number of phenolic OH excluding ortho intramolecular Hbond substituents is 1. The summed E-state index contributed by atoms with van der Waals surface area (Å²) in [6.07, 6.45) is 7.68. The molecule has 0 atom stereocenters. The topological polar surface area (TPSA) is 80.0 Å². The number of rotatable bonds is 5. The van der Waals surface area contributed by atoms with Crippen LogP contribution < -0.4 is 5.32 Å². The number of amides is 1. The van der Waals surface area contributed by atoms with E-state index >= 15 is 0 Å². The maximum absolute atomic E-state index is 13.5. The van der Waals surface area contributed by atoms with E-state index in [2.05, 4.69) is 38.8 Å². The Balaban J connectivity index is 1.18. The van der Waals surface area contributed by atoms with E-state index in [1.54, 1.807) is 0 Å². The first-order chi connectivity index (χ1) is 16.0. The molecule has 5 rings (SSSR count). The maximum atomic E-state index is 13.5. The van der Waals surface area contributed by atoms with Crippen LogP contribution in [0.5, 0.6) is 5.75 Å². The number of benzene rings is 2. The first-order valence-corrected chi connectivity index (χ1v) is 11.7. The zero-order valence-corrected chi connectivity index (χ0v) is 18.5. The van der Waals surface area contributed by atoms with Crippen molar-refractivity contribution in [3.8, 4) is 16.9 Å². The normalized spacial score (nSPS) is 18.5. The third-order valence-corrected chi connectivity index (χ3v) is 6.90. The molecule has 0 spiro atoms. The van der Waals surface area contributed by atoms with Crippen molar-refractivity contribution in [3.05, 3.63) is 65.3 Å². The summed E-state index contributed by atoms with van der Waals surface area (Å²) in [5.41, 5.74) is 3.02. The highest BCUT2D eigenvalue weighted by Crippen LogP contribution is 2.33. The average Bonchev–Trinajstić information content (AvgIpc) is 3.50. The van der Waals surface area contributed by atoms with Gasteiger partial charge in [-0.1, -0.05) is 12.1 Å². The van der Waals surface area contributed by atoms with Crippen molar-refractivity contribution in [1.29, 1.82) is 0 Å². The fourth-order valence-electron chi connectivity index (χ4n) is 4.40. The molecule has 1 amide bonds. The van der Waals surface area contributed by atoms with Crippen molar-refractivity contribution in [3.63, 3.8) is 0 Å². The SMILES string of the molecule is O=C(NCC1CCC(n2cc3ccc(-c4cnsc4)cc3n2)CC1)c1cc(F)c(O)c(F)c1. The van der Waals surface area contributed by atoms with Crippen molar-refractivity contribution < 1.29 is 18.7 Å². The van der Waals surface area contributed by atoms with Crippen molar-refractivity contribution in [2.75, 3.05) is 6.54 Å². The van der Waals surface area contributed by atoms with Gasteiger partial charge in [0.05, 0.1) is 11.6 Å². The quantitative estimate of drug-likeness (QED) is 0.416. The number of carbonyl (C=O) groups is 1. The number of halogens is 2. The van der Waals surface area contributed by atoms with E-state index in [0.717, 1.165) is 59.8 Å². The first-order valence-electron chi connectivity index (χ1n) is 10.8. The second kappa shape index (κ2) is 8.90. The molecular weight excluding hydrogens is 446 g/mol. The number of aromatic hydroxyl groups is 1. The van der Waals surface area contributed by atoms with Gasteiger partial charge in [0.2, 0.25) is 0 Å². The summed E-state index contributed by atoms with van der Waals surface area (Å²) in [5.74, 6) is -3.63. The second-order valence-electron chi connectivity index (χ2n) is 8.47. The smallest absolute Gasteiger partial charge is 0.251 e. The van der Waals surface area contributed by atoms with Gasteiger partial charge in [-0.2, -0.15) is 5.10 Å². The van der Waals surface area contributed by atoms with E-state index in [1.807, 2.05) is 11.6 Å². The molecule has 0 radical (unpaired) electrons. The third kappa shape index (κ3) is 4.45. The highest BCUT2D eigenvalue weighted by Gasteiger charge is 2.24. The molecule has 4 aromatic rings. The van der Waals surface area contributed by atoms with Gasteiger partial charge in [0.15, 0.2) is 17.4 Å². The Hall–Kier alpha value is -3.33. The molecular formula is C24H22F2N4O2S. The van der Waals surface area contributed by atoms with Gasteiger partial charge in [0.25, 0.3) is 5.91 Å². The number of fused-ring (bicyclic) bond motifs is 1. The molecule has 0 bridgehead atoms. The first kappa shape index (κ1) is 21.5. The van der Waals surface area contributed by atoms with Crippen LogP contribution >= 0.6 is 11.5 Å². The summed E-state index contributed by atoms with van der Waals surface area (Å²) in [6, 6.07) is 8.24. The fraction of sp³-hybridized carbons (Fsp3) is 0.292. The van der Waals surface area contributed by atoms with Crippen molar-refractivity contribution in [1.82, 2.24) is 19.5 Å². The van der Waals surface area contributed by atoms with Gasteiger partial charge < -0.3 is 10.4 Å². The number of nitrogens with zero attached hydrogens (tertiary/aromatic N) is 3. The highest BCUT2D eigenvalue weighted by atomic mass is 32.1. The second-order valence-corrected chi connectivity index (χ2v) is 9.13. The van der Waals surface area contributed by atoms with E-state index < -0.39 is 23.3 Å². The molecule has 6 nitrogen and oxygen atoms in total. The Morgan fingerprint density at radius 2 is 1.88 bits per heavy atom. The predicted molar refractivity (Wildman–Crippen MR) is 122 cm³/mol. The predicted octanol–water partition coefficient (Wildman–Crippen LogP) is 5.30. The number of hydrogen-bond donors (Lipinski definition) is 2. The van der Waals surface area contributed by atoms with Gasteiger partial charge >= 0.3 is 0 Å². The molecule has 2 aromatic heterocycles. The van der Waals surface area contributed by atoms with Crippen LogP contribution in [0, 0.1) is 17.6 Å². The van der Waals surface area contributed by atoms with Crippen LogP contribution in [0.4, 0.5) is 8.78 Å². The minimum absolute atomic E-state index is 0.141. The maximum Gasteiger partial charge on any atom is 0.251 e. The summed E-state index contributed by atoms with van der Waals surface area (Å²) in [7, 11) is 0. The number of nitrogens with one attached hydrogen (secondary N) is 1. The van der Waals surface area contributed by atoms with Crippen LogP contribution in [0.2, 0.25) is 0 Å². The van der Waals surface area contributed by atoms with E-state index in [-0.39, 0.29) is 5.56 Å². The lowest BCUT2D eigenvalue weighted by molar-refractivity contribution is 0.0940. The lowest BCUT2D eigenvalue weighted by atomic mass is 9.86. The lowest BCUT2D eigenvalue weighted by Crippen LogP contribution is -2.31. The highest BCUT2D eigenvalue weighted by molar-refractivity contribution is 7.03. The summed E-state index contributed by atoms with van der Waals surface area (Å²) in [4.78, 5) is 12.3. The van der Waals surface area contributed by atoms with Crippen LogP contribution in [0.15, 0.2) is 48.1 Å². The van der Waals surface area contributed by atoms with Crippen molar-refractivity contribution in [2.45, 2.75) is 31.7 Å². The van der Waals surface area contributed by atoms with E-state index in [4.69, 9.17) is 5.10 Å². The van der Waals surface area contributed by atoms with E-state index in [9.17, 15) is 18.7 Å². The van der Waals surface area contributed by atoms with E-state index in [1.165, 1.54) is 11.5 Å². The summed E-state index contributed by atoms with van der Waals surface area (Å²) in [5, 5.41) is 19.9. The van der Waals surface area contributed by atoms with Crippen molar-refractivity contribution >= 4 is 28.3 Å². The van der Waals surface area contributed by atoms with Gasteiger partial charge in [-0.25, -0.2) is 13.2 Å². The Morgan fingerprint density at radius 3 is 2.58 bits per heavy atom. The molecule has 0 aliphatic heterocycles. The van der Waals surface area contributed by atoms with Gasteiger partial charge in [-0.3, -0.25) is 9.48 Å². The Kier molecular flexibility index (Phi) is 5.80. The molecule has 2 aromatic carbocycles. The molecule has 170 valence electrons.